The number of rotatable bonds is 7. The van der Waals surface area contributed by atoms with Gasteiger partial charge in [0.2, 0.25) is 0 Å². The minimum Gasteiger partial charge on any atom is -0.494 e. The van der Waals surface area contributed by atoms with Crippen LogP contribution in [-0.2, 0) is 6.54 Å². The second-order valence-electron chi connectivity index (χ2n) is 6.31. The molecule has 0 saturated carbocycles. The van der Waals surface area contributed by atoms with E-state index in [4.69, 9.17) is 4.74 Å². The van der Waals surface area contributed by atoms with Gasteiger partial charge >= 0.3 is 0 Å². The minimum absolute atomic E-state index is 0.229. The Labute approximate surface area is 127 Å². The van der Waals surface area contributed by atoms with Gasteiger partial charge in [-0.3, -0.25) is 4.90 Å². The number of benzene rings is 1. The van der Waals surface area contributed by atoms with E-state index in [1.165, 1.54) is 20.0 Å². The molecule has 1 aliphatic heterocycles. The highest BCUT2D eigenvalue weighted by Crippen LogP contribution is 2.22. The fourth-order valence-corrected chi connectivity index (χ4v) is 3.02. The molecule has 1 fully saturated rings. The van der Waals surface area contributed by atoms with Crippen LogP contribution in [0.15, 0.2) is 18.2 Å². The molecule has 0 aliphatic carbocycles. The van der Waals surface area contributed by atoms with Crippen molar-refractivity contribution in [1.29, 1.82) is 0 Å². The molecule has 3 nitrogen and oxygen atoms in total. The lowest BCUT2D eigenvalue weighted by molar-refractivity contribution is 0.213. The van der Waals surface area contributed by atoms with E-state index in [1.54, 1.807) is 6.07 Å². The third-order valence-corrected chi connectivity index (χ3v) is 3.92. The van der Waals surface area contributed by atoms with Gasteiger partial charge in [-0.2, -0.15) is 0 Å². The van der Waals surface area contributed by atoms with Crippen LogP contribution in [0.25, 0.3) is 0 Å². The molecule has 2 rings (SSSR count). The second kappa shape index (κ2) is 7.76. The number of halogens is 1. The number of hydrogen-bond donors (Lipinski definition) is 1. The predicted molar refractivity (Wildman–Crippen MR) is 84.1 cm³/mol. The van der Waals surface area contributed by atoms with Crippen LogP contribution in [0.1, 0.15) is 32.3 Å². The van der Waals surface area contributed by atoms with Crippen LogP contribution in [-0.4, -0.2) is 37.7 Å². The molecule has 4 heteroatoms. The number of ether oxygens (including phenoxy) is 1. The fourth-order valence-electron chi connectivity index (χ4n) is 3.02. The molecular weight excluding hydrogens is 267 g/mol. The minimum atomic E-state index is -0.229. The molecular formula is C17H27FN2O. The Hall–Kier alpha value is -1.13. The van der Waals surface area contributed by atoms with Crippen molar-refractivity contribution in [1.82, 2.24) is 10.2 Å². The second-order valence-corrected chi connectivity index (χ2v) is 6.31. The quantitative estimate of drug-likeness (QED) is 0.836. The summed E-state index contributed by atoms with van der Waals surface area (Å²) in [5.74, 6) is 0.671. The van der Waals surface area contributed by atoms with E-state index < -0.39 is 0 Å². The Kier molecular flexibility index (Phi) is 6.00. The molecule has 118 valence electrons. The summed E-state index contributed by atoms with van der Waals surface area (Å²) < 4.78 is 19.4. The van der Waals surface area contributed by atoms with Crippen molar-refractivity contribution < 1.29 is 9.13 Å². The van der Waals surface area contributed by atoms with Gasteiger partial charge in [0.1, 0.15) is 0 Å². The number of nitrogens with zero attached hydrogens (tertiary/aromatic N) is 1. The van der Waals surface area contributed by atoms with Crippen LogP contribution in [0.4, 0.5) is 4.39 Å². The average molecular weight is 294 g/mol. The van der Waals surface area contributed by atoms with Crippen molar-refractivity contribution in [3.63, 3.8) is 0 Å². The fraction of sp³-hybridized carbons (Fsp3) is 0.647. The van der Waals surface area contributed by atoms with Crippen LogP contribution in [0.5, 0.6) is 5.75 Å². The number of methoxy groups -OCH3 is 1. The first-order chi connectivity index (χ1) is 10.1. The van der Waals surface area contributed by atoms with Crippen molar-refractivity contribution in [3.05, 3.63) is 29.6 Å². The molecule has 0 bridgehead atoms. The topological polar surface area (TPSA) is 24.5 Å². The average Bonchev–Trinajstić information content (AvgIpc) is 2.93. The van der Waals surface area contributed by atoms with Gasteiger partial charge in [0.15, 0.2) is 11.6 Å². The molecule has 0 spiro atoms. The zero-order valence-electron chi connectivity index (χ0n) is 13.4. The van der Waals surface area contributed by atoms with Gasteiger partial charge in [-0.1, -0.05) is 26.0 Å². The van der Waals surface area contributed by atoms with Crippen LogP contribution in [0, 0.1) is 11.7 Å². The molecule has 0 radical (unpaired) electrons. The van der Waals surface area contributed by atoms with E-state index in [0.29, 0.717) is 29.8 Å². The van der Waals surface area contributed by atoms with Crippen molar-refractivity contribution in [3.8, 4) is 5.75 Å². The zero-order chi connectivity index (χ0) is 15.2. The van der Waals surface area contributed by atoms with Gasteiger partial charge in [-0.05, 0) is 31.4 Å². The summed E-state index contributed by atoms with van der Waals surface area (Å²) in [4.78, 5) is 2.35. The Morgan fingerprint density at radius 1 is 1.43 bits per heavy atom. The molecule has 1 saturated heterocycles. The Morgan fingerprint density at radius 2 is 2.24 bits per heavy atom. The van der Waals surface area contributed by atoms with E-state index >= 15 is 0 Å². The van der Waals surface area contributed by atoms with E-state index in [0.717, 1.165) is 19.6 Å². The molecule has 21 heavy (non-hydrogen) atoms. The predicted octanol–water partition coefficient (Wildman–Crippen LogP) is 3.04. The monoisotopic (exact) mass is 294 g/mol. The van der Waals surface area contributed by atoms with Crippen LogP contribution >= 0.6 is 0 Å². The van der Waals surface area contributed by atoms with E-state index in [2.05, 4.69) is 24.1 Å². The van der Waals surface area contributed by atoms with Crippen molar-refractivity contribution in [2.45, 2.75) is 39.3 Å². The lowest BCUT2D eigenvalue weighted by Crippen LogP contribution is -2.39. The smallest absolute Gasteiger partial charge is 0.169 e. The summed E-state index contributed by atoms with van der Waals surface area (Å²) in [5.41, 5.74) is 0.716. The van der Waals surface area contributed by atoms with Crippen LogP contribution < -0.4 is 10.1 Å². The maximum absolute atomic E-state index is 14.3. The maximum Gasteiger partial charge on any atom is 0.169 e. The van der Waals surface area contributed by atoms with Crippen LogP contribution in [0.3, 0.4) is 0 Å². The highest BCUT2D eigenvalue weighted by atomic mass is 19.1. The van der Waals surface area contributed by atoms with Gasteiger partial charge in [-0.25, -0.2) is 4.39 Å². The van der Waals surface area contributed by atoms with Crippen molar-refractivity contribution >= 4 is 0 Å². The lowest BCUT2D eigenvalue weighted by atomic mass is 10.1. The third kappa shape index (κ3) is 4.68. The third-order valence-electron chi connectivity index (χ3n) is 3.92. The molecule has 1 atom stereocenters. The van der Waals surface area contributed by atoms with Gasteiger partial charge in [0.05, 0.1) is 7.11 Å². The van der Waals surface area contributed by atoms with Gasteiger partial charge < -0.3 is 10.1 Å². The first-order valence-corrected chi connectivity index (χ1v) is 7.87. The van der Waals surface area contributed by atoms with Gasteiger partial charge in [0.25, 0.3) is 0 Å². The lowest BCUT2D eigenvalue weighted by Gasteiger charge is -2.27. The summed E-state index contributed by atoms with van der Waals surface area (Å²) >= 11 is 0. The van der Waals surface area contributed by atoms with Crippen LogP contribution in [0.2, 0.25) is 0 Å². The first kappa shape index (κ1) is 16.2. The maximum atomic E-state index is 14.3. The summed E-state index contributed by atoms with van der Waals surface area (Å²) in [7, 11) is 1.51. The summed E-state index contributed by atoms with van der Waals surface area (Å²) in [6.07, 6.45) is 2.46. The summed E-state index contributed by atoms with van der Waals surface area (Å²) in [6.45, 7) is 8.12. The zero-order valence-corrected chi connectivity index (χ0v) is 13.4. The summed E-state index contributed by atoms with van der Waals surface area (Å²) in [5, 5.41) is 3.52. The molecule has 1 heterocycles. The Bertz CT molecular complexity index is 444. The molecule has 1 N–H and O–H groups in total. The standard InChI is InChI=1S/C17H27FN2O/c1-13(2)10-20(12-15-7-5-9-19-15)11-14-6-4-8-16(21-3)17(14)18/h4,6,8,13,15,19H,5,7,9-12H2,1-3H3. The van der Waals surface area contributed by atoms with Crippen molar-refractivity contribution in [2.75, 3.05) is 26.7 Å². The SMILES string of the molecule is COc1cccc(CN(CC(C)C)CC2CCCN2)c1F. The molecule has 1 aromatic carbocycles. The van der Waals surface area contributed by atoms with E-state index in [-0.39, 0.29) is 5.82 Å². The van der Waals surface area contributed by atoms with E-state index in [1.807, 2.05) is 12.1 Å². The molecule has 1 aliphatic rings. The Morgan fingerprint density at radius 3 is 2.86 bits per heavy atom. The van der Waals surface area contributed by atoms with E-state index in [9.17, 15) is 4.39 Å². The molecule has 0 aromatic heterocycles. The van der Waals surface area contributed by atoms with Gasteiger partial charge in [-0.15, -0.1) is 0 Å². The molecule has 0 amide bonds. The highest BCUT2D eigenvalue weighted by Gasteiger charge is 2.20. The Balaban J connectivity index is 2.06. The highest BCUT2D eigenvalue weighted by molar-refractivity contribution is 5.31. The molecule has 1 unspecified atom stereocenters. The largest absolute Gasteiger partial charge is 0.494 e. The first-order valence-electron chi connectivity index (χ1n) is 7.87. The normalized spacial score (nSPS) is 18.7. The van der Waals surface area contributed by atoms with Gasteiger partial charge in [0, 0.05) is 31.2 Å². The van der Waals surface area contributed by atoms with Crippen molar-refractivity contribution in [2.24, 2.45) is 5.92 Å². The number of hydrogen-bond acceptors (Lipinski definition) is 3. The number of nitrogens with one attached hydrogen (secondary N) is 1. The summed E-state index contributed by atoms with van der Waals surface area (Å²) in [6, 6.07) is 5.92. The molecule has 1 aromatic rings.